The number of hydrogen-bond donors (Lipinski definition) is 1. The number of amides is 2. The summed E-state index contributed by atoms with van der Waals surface area (Å²) in [6, 6.07) is -0.622. The molecule has 1 N–H and O–H groups in total. The number of nitrogens with zero attached hydrogens (tertiary/aromatic N) is 1. The first-order valence-corrected chi connectivity index (χ1v) is 7.13. The first kappa shape index (κ1) is 13.4. The molecule has 0 aromatic heterocycles. The van der Waals surface area contributed by atoms with Crippen LogP contribution in [0.25, 0.3) is 0 Å². The minimum absolute atomic E-state index is 0.00695. The molecule has 0 spiro atoms. The van der Waals surface area contributed by atoms with Crippen LogP contribution in [0.2, 0.25) is 0 Å². The molecule has 102 valence electrons. The molecule has 2 amide bonds. The van der Waals surface area contributed by atoms with Gasteiger partial charge < -0.3 is 10.2 Å². The molecule has 18 heavy (non-hydrogen) atoms. The monoisotopic (exact) mass is 252 g/mol. The summed E-state index contributed by atoms with van der Waals surface area (Å²) in [5.41, 5.74) is 0. The Kier molecular flexibility index (Phi) is 3.93. The van der Waals surface area contributed by atoms with Gasteiger partial charge in [-0.05, 0) is 38.0 Å². The Morgan fingerprint density at radius 2 is 2.00 bits per heavy atom. The largest absolute Gasteiger partial charge is 0.343 e. The zero-order valence-electron chi connectivity index (χ0n) is 11.6. The Labute approximate surface area is 109 Å². The third-order valence-electron chi connectivity index (χ3n) is 4.41. The van der Waals surface area contributed by atoms with E-state index in [2.05, 4.69) is 12.2 Å². The third-order valence-corrected chi connectivity index (χ3v) is 4.41. The van der Waals surface area contributed by atoms with Crippen LogP contribution in [0, 0.1) is 11.8 Å². The predicted octanol–water partition coefficient (Wildman–Crippen LogP) is 1.55. The van der Waals surface area contributed by atoms with Crippen molar-refractivity contribution < 1.29 is 9.59 Å². The summed E-state index contributed by atoms with van der Waals surface area (Å²) in [5.74, 6) is 1.44. The molecule has 4 nitrogen and oxygen atoms in total. The van der Waals surface area contributed by atoms with E-state index in [1.165, 1.54) is 19.3 Å². The Bertz CT molecular complexity index is 343. The van der Waals surface area contributed by atoms with Gasteiger partial charge in [0.1, 0.15) is 12.1 Å². The number of nitrogens with one attached hydrogen (secondary N) is 1. The van der Waals surface area contributed by atoms with E-state index >= 15 is 0 Å². The molecule has 2 fully saturated rings. The first-order valence-electron chi connectivity index (χ1n) is 7.13. The van der Waals surface area contributed by atoms with Crippen LogP contribution in [0.5, 0.6) is 0 Å². The summed E-state index contributed by atoms with van der Waals surface area (Å²) in [5, 5.41) is 2.80. The highest BCUT2D eigenvalue weighted by atomic mass is 16.2. The van der Waals surface area contributed by atoms with E-state index in [4.69, 9.17) is 0 Å². The maximum Gasteiger partial charge on any atom is 0.245 e. The number of hydrogen-bond acceptors (Lipinski definition) is 2. The molecule has 4 unspecified atom stereocenters. The Balaban J connectivity index is 2.03. The predicted molar refractivity (Wildman–Crippen MR) is 69.9 cm³/mol. The normalized spacial score (nSPS) is 36.9. The zero-order chi connectivity index (χ0) is 13.3. The molecule has 2 aliphatic rings. The van der Waals surface area contributed by atoms with E-state index in [-0.39, 0.29) is 23.9 Å². The molecule has 1 saturated heterocycles. The Morgan fingerprint density at radius 3 is 2.56 bits per heavy atom. The van der Waals surface area contributed by atoms with Crippen molar-refractivity contribution in [3.8, 4) is 0 Å². The summed E-state index contributed by atoms with van der Waals surface area (Å²) >= 11 is 0. The highest BCUT2D eigenvalue weighted by Crippen LogP contribution is 2.31. The van der Waals surface area contributed by atoms with E-state index < -0.39 is 0 Å². The summed E-state index contributed by atoms with van der Waals surface area (Å²) in [6.45, 7) is 6.80. The summed E-state index contributed by atoms with van der Waals surface area (Å²) in [4.78, 5) is 25.9. The number of carbonyl (C=O) groups excluding carboxylic acids is 2. The smallest absolute Gasteiger partial charge is 0.245 e. The van der Waals surface area contributed by atoms with Gasteiger partial charge in [0.2, 0.25) is 11.8 Å². The van der Waals surface area contributed by atoms with Gasteiger partial charge in [-0.3, -0.25) is 9.59 Å². The minimum Gasteiger partial charge on any atom is -0.343 e. The fraction of sp³-hybridized carbons (Fsp3) is 0.857. The van der Waals surface area contributed by atoms with Gasteiger partial charge in [0.15, 0.2) is 0 Å². The van der Waals surface area contributed by atoms with Crippen molar-refractivity contribution in [1.29, 1.82) is 0 Å². The molecule has 1 heterocycles. The van der Waals surface area contributed by atoms with Gasteiger partial charge in [0.25, 0.3) is 0 Å². The lowest BCUT2D eigenvalue weighted by Gasteiger charge is -2.38. The molecule has 0 aromatic rings. The van der Waals surface area contributed by atoms with Crippen molar-refractivity contribution in [3.05, 3.63) is 0 Å². The molecule has 0 aromatic carbocycles. The average Bonchev–Trinajstić information content (AvgIpc) is 2.75. The van der Waals surface area contributed by atoms with Crippen LogP contribution in [0.3, 0.4) is 0 Å². The van der Waals surface area contributed by atoms with Gasteiger partial charge in [0.05, 0.1) is 0 Å². The molecule has 1 aliphatic carbocycles. The molecule has 0 radical (unpaired) electrons. The number of piperazine rings is 1. The van der Waals surface area contributed by atoms with E-state index in [1.807, 2.05) is 13.8 Å². The quantitative estimate of drug-likeness (QED) is 0.828. The van der Waals surface area contributed by atoms with Crippen LogP contribution in [-0.4, -0.2) is 35.3 Å². The van der Waals surface area contributed by atoms with Crippen molar-refractivity contribution in [3.63, 3.8) is 0 Å². The van der Waals surface area contributed by atoms with Crippen LogP contribution >= 0.6 is 0 Å². The molecule has 1 saturated carbocycles. The van der Waals surface area contributed by atoms with Crippen molar-refractivity contribution in [2.75, 3.05) is 6.54 Å². The van der Waals surface area contributed by atoms with Crippen LogP contribution in [0.1, 0.15) is 46.5 Å². The van der Waals surface area contributed by atoms with Crippen LogP contribution in [0.4, 0.5) is 0 Å². The molecule has 1 aliphatic heterocycles. The zero-order valence-corrected chi connectivity index (χ0v) is 11.6. The lowest BCUT2D eigenvalue weighted by atomic mass is 10.0. The topological polar surface area (TPSA) is 49.4 Å². The highest BCUT2D eigenvalue weighted by Gasteiger charge is 2.38. The van der Waals surface area contributed by atoms with Crippen molar-refractivity contribution in [2.24, 2.45) is 11.8 Å². The summed E-state index contributed by atoms with van der Waals surface area (Å²) < 4.78 is 0. The summed E-state index contributed by atoms with van der Waals surface area (Å²) in [7, 11) is 0. The van der Waals surface area contributed by atoms with Crippen LogP contribution in [-0.2, 0) is 9.59 Å². The second-order valence-electron chi connectivity index (χ2n) is 5.92. The van der Waals surface area contributed by atoms with Gasteiger partial charge in [-0.2, -0.15) is 0 Å². The lowest BCUT2D eigenvalue weighted by molar-refractivity contribution is -0.149. The maximum atomic E-state index is 12.3. The van der Waals surface area contributed by atoms with Crippen molar-refractivity contribution >= 4 is 11.8 Å². The van der Waals surface area contributed by atoms with Gasteiger partial charge in [-0.15, -0.1) is 0 Å². The highest BCUT2D eigenvalue weighted by molar-refractivity contribution is 5.96. The fourth-order valence-corrected chi connectivity index (χ4v) is 3.18. The Hall–Kier alpha value is -1.06. The first-order chi connectivity index (χ1) is 8.52. The molecule has 4 atom stereocenters. The van der Waals surface area contributed by atoms with Crippen molar-refractivity contribution in [2.45, 2.75) is 58.5 Å². The van der Waals surface area contributed by atoms with E-state index in [1.54, 1.807) is 4.90 Å². The molecule has 2 rings (SSSR count). The van der Waals surface area contributed by atoms with Gasteiger partial charge in [0, 0.05) is 6.54 Å². The minimum atomic E-state index is -0.312. The molecular weight excluding hydrogens is 228 g/mol. The van der Waals surface area contributed by atoms with Crippen molar-refractivity contribution in [1.82, 2.24) is 10.2 Å². The third kappa shape index (κ3) is 2.52. The number of carbonyl (C=O) groups is 2. The SMILES string of the molecule is CCC1NC(=O)C(C)N(CC2CCC(C)C2)C1=O. The molecular formula is C14H24N2O2. The van der Waals surface area contributed by atoms with Gasteiger partial charge >= 0.3 is 0 Å². The molecule has 0 bridgehead atoms. The second kappa shape index (κ2) is 5.29. The Morgan fingerprint density at radius 1 is 1.28 bits per heavy atom. The number of rotatable bonds is 3. The average molecular weight is 252 g/mol. The summed E-state index contributed by atoms with van der Waals surface area (Å²) in [6.07, 6.45) is 4.31. The fourth-order valence-electron chi connectivity index (χ4n) is 3.18. The second-order valence-corrected chi connectivity index (χ2v) is 5.92. The molecule has 4 heteroatoms. The van der Waals surface area contributed by atoms with Crippen LogP contribution < -0.4 is 5.32 Å². The maximum absolute atomic E-state index is 12.3. The van der Waals surface area contributed by atoms with E-state index in [9.17, 15) is 9.59 Å². The lowest BCUT2D eigenvalue weighted by Crippen LogP contribution is -2.62. The van der Waals surface area contributed by atoms with Gasteiger partial charge in [-0.25, -0.2) is 0 Å². The van der Waals surface area contributed by atoms with Gasteiger partial charge in [-0.1, -0.05) is 20.3 Å². The van der Waals surface area contributed by atoms with E-state index in [0.29, 0.717) is 12.3 Å². The standard InChI is InChI=1S/C14H24N2O2/c1-4-12-14(18)16(10(3)13(17)15-12)8-11-6-5-9(2)7-11/h9-12H,4-8H2,1-3H3,(H,15,17). The van der Waals surface area contributed by atoms with E-state index in [0.717, 1.165) is 12.5 Å². The van der Waals surface area contributed by atoms with Crippen LogP contribution in [0.15, 0.2) is 0 Å².